The van der Waals surface area contributed by atoms with Gasteiger partial charge >= 0.3 is 0 Å². The molecule has 5 aliphatic rings. The number of aliphatic hydroxyl groups excluding tert-OH is 1. The molecule has 0 amide bonds. The average molecular weight is 405 g/mol. The quantitative estimate of drug-likeness (QED) is 0.704. The molecule has 166 valence electrons. The molecular formula is C25H44N2O2. The maximum absolute atomic E-state index is 12.2. The summed E-state index contributed by atoms with van der Waals surface area (Å²) in [5.74, 6) is 2.52. The Morgan fingerprint density at radius 1 is 0.966 bits per heavy atom. The molecule has 0 aromatic carbocycles. The van der Waals surface area contributed by atoms with Crippen LogP contribution in [0.15, 0.2) is 0 Å². The van der Waals surface area contributed by atoms with Gasteiger partial charge in [-0.1, -0.05) is 13.8 Å². The lowest BCUT2D eigenvalue weighted by atomic mass is 9.40. The Morgan fingerprint density at radius 3 is 2.34 bits per heavy atom. The zero-order chi connectivity index (χ0) is 20.9. The molecule has 2 N–H and O–H groups in total. The molecule has 4 saturated carbocycles. The van der Waals surface area contributed by atoms with Gasteiger partial charge < -0.3 is 20.0 Å². The number of likely N-dealkylation sites (tertiary alicyclic amines) is 1. The Bertz CT molecular complexity index is 669. The van der Waals surface area contributed by atoms with Crippen molar-refractivity contribution in [2.24, 2.45) is 40.4 Å². The molecule has 4 nitrogen and oxygen atoms in total. The van der Waals surface area contributed by atoms with Gasteiger partial charge in [0.2, 0.25) is 0 Å². The third kappa shape index (κ3) is 2.41. The molecule has 11 atom stereocenters. The van der Waals surface area contributed by atoms with E-state index in [1.165, 1.54) is 38.6 Å². The minimum atomic E-state index is -0.747. The zero-order valence-corrected chi connectivity index (χ0v) is 19.6. The van der Waals surface area contributed by atoms with Crippen molar-refractivity contribution < 1.29 is 10.2 Å². The summed E-state index contributed by atoms with van der Waals surface area (Å²) < 4.78 is 0. The van der Waals surface area contributed by atoms with Crippen LogP contribution < -0.4 is 0 Å². The molecule has 1 aliphatic heterocycles. The molecular weight excluding hydrogens is 360 g/mol. The van der Waals surface area contributed by atoms with Gasteiger partial charge in [-0.05, 0) is 101 Å². The van der Waals surface area contributed by atoms with E-state index < -0.39 is 5.60 Å². The molecule has 29 heavy (non-hydrogen) atoms. The van der Waals surface area contributed by atoms with Crippen LogP contribution in [-0.2, 0) is 0 Å². The van der Waals surface area contributed by atoms with E-state index in [1.807, 2.05) is 0 Å². The van der Waals surface area contributed by atoms with Gasteiger partial charge in [-0.15, -0.1) is 0 Å². The van der Waals surface area contributed by atoms with E-state index >= 15 is 0 Å². The van der Waals surface area contributed by atoms with E-state index in [-0.39, 0.29) is 17.4 Å². The number of fused-ring (bicyclic) bond motifs is 4. The second-order valence-electron chi connectivity index (χ2n) is 12.4. The highest BCUT2D eigenvalue weighted by Gasteiger charge is 2.70. The van der Waals surface area contributed by atoms with Crippen LogP contribution in [0, 0.1) is 40.4 Å². The Labute approximate surface area is 178 Å². The highest BCUT2D eigenvalue weighted by molar-refractivity contribution is 5.20. The number of hydrogen-bond donors (Lipinski definition) is 2. The first kappa shape index (κ1) is 20.7. The van der Waals surface area contributed by atoms with Crippen LogP contribution in [-0.4, -0.2) is 71.5 Å². The topological polar surface area (TPSA) is 46.9 Å². The Balaban J connectivity index is 1.51. The molecule has 4 heteroatoms. The van der Waals surface area contributed by atoms with Crippen molar-refractivity contribution in [2.45, 2.75) is 89.5 Å². The first-order valence-electron chi connectivity index (χ1n) is 12.3. The predicted molar refractivity (Wildman–Crippen MR) is 117 cm³/mol. The highest BCUT2D eigenvalue weighted by atomic mass is 16.3. The Hall–Kier alpha value is -0.160. The summed E-state index contributed by atoms with van der Waals surface area (Å²) in [5.41, 5.74) is -0.379. The second kappa shape index (κ2) is 6.43. The molecule has 0 aromatic rings. The van der Waals surface area contributed by atoms with E-state index in [1.54, 1.807) is 0 Å². The summed E-state index contributed by atoms with van der Waals surface area (Å²) in [5, 5.41) is 23.7. The Kier molecular flexibility index (Phi) is 4.60. The first-order valence-corrected chi connectivity index (χ1v) is 12.3. The van der Waals surface area contributed by atoms with Crippen LogP contribution in [0.2, 0.25) is 0 Å². The summed E-state index contributed by atoms with van der Waals surface area (Å²) in [6, 6.07) is 1.09. The maximum atomic E-state index is 12.2. The molecule has 0 unspecified atom stereocenters. The van der Waals surface area contributed by atoms with Crippen molar-refractivity contribution in [3.63, 3.8) is 0 Å². The van der Waals surface area contributed by atoms with Crippen molar-refractivity contribution in [1.29, 1.82) is 0 Å². The van der Waals surface area contributed by atoms with Crippen LogP contribution in [0.4, 0.5) is 0 Å². The van der Waals surface area contributed by atoms with Crippen LogP contribution in [0.5, 0.6) is 0 Å². The van der Waals surface area contributed by atoms with Gasteiger partial charge in [-0.3, -0.25) is 0 Å². The smallest absolute Gasteiger partial charge is 0.0768 e. The molecule has 5 fully saturated rings. The van der Waals surface area contributed by atoms with E-state index in [4.69, 9.17) is 0 Å². The lowest BCUT2D eigenvalue weighted by molar-refractivity contribution is -0.263. The fourth-order valence-electron chi connectivity index (χ4n) is 10.1. The molecule has 1 heterocycles. The van der Waals surface area contributed by atoms with Gasteiger partial charge in [0.05, 0.1) is 11.7 Å². The van der Waals surface area contributed by atoms with Gasteiger partial charge in [-0.2, -0.15) is 0 Å². The van der Waals surface area contributed by atoms with E-state index in [0.29, 0.717) is 41.7 Å². The minimum absolute atomic E-state index is 0.0569. The largest absolute Gasteiger partial charge is 0.393 e. The van der Waals surface area contributed by atoms with Crippen molar-refractivity contribution in [3.05, 3.63) is 0 Å². The number of hydrogen-bond acceptors (Lipinski definition) is 4. The SMILES string of the molecule is C[C@@H]1[C@@H](N(C)C)CC[C@]2(C)[C@H]3CC[C@]45CN(C)[C@@H](C)[C@H]4CC[C@H]5[C@@H]3[C@@H](O)C[C@@]12O. The molecule has 0 aromatic heterocycles. The Morgan fingerprint density at radius 2 is 1.66 bits per heavy atom. The van der Waals surface area contributed by atoms with Crippen LogP contribution in [0.3, 0.4) is 0 Å². The predicted octanol–water partition coefficient (Wildman–Crippen LogP) is 3.22. The molecule has 4 aliphatic carbocycles. The third-order valence-electron chi connectivity index (χ3n) is 11.7. The number of rotatable bonds is 1. The zero-order valence-electron chi connectivity index (χ0n) is 19.6. The number of nitrogens with zero attached hydrogens (tertiary/aromatic N) is 2. The minimum Gasteiger partial charge on any atom is -0.393 e. The first-order chi connectivity index (χ1) is 13.6. The molecule has 1 spiro atoms. The van der Waals surface area contributed by atoms with Gasteiger partial charge in [-0.25, -0.2) is 0 Å². The standard InChI is InChI=1S/C25H44N2O2/c1-15-20(26(4)5)10-11-23(3)18-9-12-24-14-27(6)16(2)17(24)7-8-19(24)22(18)21(28)13-25(15,23)29/h15-22,28-29H,7-14H2,1-6H3/t15-,16+,17-,18+,19+,20+,21+,22-,23-,24+,25-/m1/s1. The maximum Gasteiger partial charge on any atom is 0.0768 e. The lowest BCUT2D eigenvalue weighted by Gasteiger charge is -2.67. The van der Waals surface area contributed by atoms with Gasteiger partial charge in [0.1, 0.15) is 0 Å². The third-order valence-corrected chi connectivity index (χ3v) is 11.7. The fourth-order valence-corrected chi connectivity index (χ4v) is 10.1. The molecule has 0 radical (unpaired) electrons. The van der Waals surface area contributed by atoms with E-state index in [0.717, 1.165) is 12.3 Å². The van der Waals surface area contributed by atoms with Gasteiger partial charge in [0.15, 0.2) is 0 Å². The molecule has 0 bridgehead atoms. The van der Waals surface area contributed by atoms with Crippen molar-refractivity contribution in [1.82, 2.24) is 9.80 Å². The van der Waals surface area contributed by atoms with Crippen molar-refractivity contribution in [2.75, 3.05) is 27.7 Å². The van der Waals surface area contributed by atoms with Crippen LogP contribution >= 0.6 is 0 Å². The second-order valence-corrected chi connectivity index (χ2v) is 12.4. The van der Waals surface area contributed by atoms with Crippen LogP contribution in [0.25, 0.3) is 0 Å². The molecule has 1 saturated heterocycles. The summed E-state index contributed by atoms with van der Waals surface area (Å²) in [4.78, 5) is 4.89. The summed E-state index contributed by atoms with van der Waals surface area (Å²) in [6.45, 7) is 8.29. The molecule has 5 rings (SSSR count). The van der Waals surface area contributed by atoms with Crippen molar-refractivity contribution >= 4 is 0 Å². The lowest BCUT2D eigenvalue weighted by Crippen LogP contribution is -2.70. The monoisotopic (exact) mass is 404 g/mol. The summed E-state index contributed by atoms with van der Waals surface area (Å²) >= 11 is 0. The summed E-state index contributed by atoms with van der Waals surface area (Å²) in [7, 11) is 6.61. The highest BCUT2D eigenvalue weighted by Crippen LogP contribution is 2.70. The van der Waals surface area contributed by atoms with Crippen molar-refractivity contribution in [3.8, 4) is 0 Å². The number of aliphatic hydroxyl groups is 2. The van der Waals surface area contributed by atoms with Crippen LogP contribution in [0.1, 0.15) is 65.7 Å². The van der Waals surface area contributed by atoms with E-state index in [9.17, 15) is 10.2 Å². The normalized spacial score (nSPS) is 59.9. The summed E-state index contributed by atoms with van der Waals surface area (Å²) in [6.07, 6.45) is 7.66. The van der Waals surface area contributed by atoms with Gasteiger partial charge in [0, 0.05) is 31.0 Å². The van der Waals surface area contributed by atoms with Gasteiger partial charge in [0.25, 0.3) is 0 Å². The average Bonchev–Trinajstić information content (AvgIpc) is 3.12. The van der Waals surface area contributed by atoms with E-state index in [2.05, 4.69) is 51.7 Å². The fraction of sp³-hybridized carbons (Fsp3) is 1.00.